The van der Waals surface area contributed by atoms with E-state index in [0.717, 1.165) is 5.56 Å². The van der Waals surface area contributed by atoms with Crippen LogP contribution in [0.2, 0.25) is 0 Å². The Morgan fingerprint density at radius 3 is 2.41 bits per heavy atom. The maximum Gasteiger partial charge on any atom is 0.508 e. The van der Waals surface area contributed by atoms with E-state index in [4.69, 9.17) is 44.6 Å². The molecule has 0 bridgehead atoms. The number of nitrogens with zero attached hydrogens (tertiary/aromatic N) is 7. The van der Waals surface area contributed by atoms with Crippen LogP contribution in [0.15, 0.2) is 89.1 Å². The van der Waals surface area contributed by atoms with Gasteiger partial charge in [-0.2, -0.15) is 8.42 Å². The van der Waals surface area contributed by atoms with Crippen molar-refractivity contribution in [1.29, 1.82) is 0 Å². The van der Waals surface area contributed by atoms with Crippen molar-refractivity contribution in [3.8, 4) is 23.0 Å². The highest BCUT2D eigenvalue weighted by atomic mass is 32.2. The Hall–Kier alpha value is -6.24. The van der Waals surface area contributed by atoms with E-state index in [1.807, 2.05) is 0 Å². The normalized spacial score (nSPS) is 12.1. The number of para-hydroxylation sites is 2. The molecule has 3 aromatic heterocycles. The molecule has 0 fully saturated rings. The summed E-state index contributed by atoms with van der Waals surface area (Å²) in [6.45, 7) is 4.57. The third kappa shape index (κ3) is 12.5. The second-order valence-corrected chi connectivity index (χ2v) is 11.9. The van der Waals surface area contributed by atoms with E-state index in [2.05, 4.69) is 51.7 Å². The van der Waals surface area contributed by atoms with E-state index >= 15 is 0 Å². The van der Waals surface area contributed by atoms with Gasteiger partial charge in [-0.15, -0.1) is 5.10 Å². The summed E-state index contributed by atoms with van der Waals surface area (Å²) >= 11 is 0. The van der Waals surface area contributed by atoms with Crippen LogP contribution < -0.4 is 19.9 Å². The average Bonchev–Trinajstić information content (AvgIpc) is 3.70. The number of nitrogens with two attached hydrogens (primary N) is 1. The van der Waals surface area contributed by atoms with Gasteiger partial charge in [-0.3, -0.25) is 20.1 Å². The zero-order valence-electron chi connectivity index (χ0n) is 28.8. The summed E-state index contributed by atoms with van der Waals surface area (Å²) in [5.74, 6) is -0.809. The Balaban J connectivity index is 1.62. The van der Waals surface area contributed by atoms with Gasteiger partial charge in [0.2, 0.25) is 5.76 Å². The fourth-order valence-electron chi connectivity index (χ4n) is 4.00. The van der Waals surface area contributed by atoms with Crippen LogP contribution in [0, 0.1) is 6.92 Å². The summed E-state index contributed by atoms with van der Waals surface area (Å²) < 4.78 is 61.5. The highest BCUT2D eigenvalue weighted by molar-refractivity contribution is 7.89. The standard InChI is InChI=1S/C31H36N10O12S/c1-20-8-9-26(34-19-20)54(45,46)38-28(32)27(53-25-7-5-4-6-24(25)47-3)30(35-21(2)22-10-11-33-23(18-22)29-36-39-40-37-29)49-15-16-51-31(42)50-14-12-48-13-17-52-41(43)44/h4-11,18-19,38,43-44H,2,12-17,32H2,1,3H3,(H,36,37,39,40)/b28-27-,35-30+. The molecule has 6 N–H and O–H groups in total. The molecular formula is C31H36N10O12S. The van der Waals surface area contributed by atoms with Crippen LogP contribution in [0.4, 0.5) is 4.79 Å². The molecule has 0 unspecified atom stereocenters. The molecule has 0 saturated heterocycles. The van der Waals surface area contributed by atoms with Gasteiger partial charge in [0.15, 0.2) is 28.2 Å². The first kappa shape index (κ1) is 40.5. The number of hydrogen-bond donors (Lipinski definition) is 5. The van der Waals surface area contributed by atoms with Crippen molar-refractivity contribution >= 4 is 27.8 Å². The molecule has 0 aliphatic rings. The highest BCUT2D eigenvalue weighted by Crippen LogP contribution is 2.29. The lowest BCUT2D eigenvalue weighted by Gasteiger charge is -2.19. The molecule has 0 aliphatic heterocycles. The number of H-pyrrole nitrogens is 1. The minimum Gasteiger partial charge on any atom is -0.493 e. The van der Waals surface area contributed by atoms with Crippen LogP contribution in [-0.4, -0.2) is 114 Å². The van der Waals surface area contributed by atoms with Crippen LogP contribution in [-0.2, 0) is 33.8 Å². The van der Waals surface area contributed by atoms with Crippen molar-refractivity contribution in [3.05, 3.63) is 90.2 Å². The molecular weight excluding hydrogens is 736 g/mol. The van der Waals surface area contributed by atoms with Crippen LogP contribution in [0.3, 0.4) is 0 Å². The molecule has 4 rings (SSSR count). The number of carbonyl (C=O) groups excluding carboxylic acids is 1. The number of aromatic amines is 1. The first-order chi connectivity index (χ1) is 26.0. The van der Waals surface area contributed by atoms with Crippen molar-refractivity contribution in [3.63, 3.8) is 0 Å². The van der Waals surface area contributed by atoms with E-state index in [-0.39, 0.29) is 67.7 Å². The van der Waals surface area contributed by atoms with Crippen molar-refractivity contribution in [1.82, 2.24) is 40.7 Å². The number of benzene rings is 1. The predicted molar refractivity (Wildman–Crippen MR) is 183 cm³/mol. The van der Waals surface area contributed by atoms with Crippen LogP contribution >= 0.6 is 0 Å². The molecule has 22 nitrogen and oxygen atoms in total. The molecule has 0 amide bonds. The number of ether oxygens (including phenoxy) is 6. The summed E-state index contributed by atoms with van der Waals surface area (Å²) in [6.07, 6.45) is 1.77. The molecule has 288 valence electrons. The molecule has 3 heterocycles. The topological polar surface area (TPSA) is 290 Å². The van der Waals surface area contributed by atoms with Gasteiger partial charge >= 0.3 is 6.16 Å². The number of aryl methyl sites for hydroxylation is 1. The number of pyridine rings is 2. The fourth-order valence-corrected chi connectivity index (χ4v) is 4.92. The van der Waals surface area contributed by atoms with Crippen molar-refractivity contribution in [2.45, 2.75) is 11.9 Å². The number of tetrazole rings is 1. The lowest BCUT2D eigenvalue weighted by Crippen LogP contribution is -2.33. The van der Waals surface area contributed by atoms with Crippen LogP contribution in [0.25, 0.3) is 17.2 Å². The Bertz CT molecular complexity index is 2010. The zero-order valence-corrected chi connectivity index (χ0v) is 29.6. The average molecular weight is 773 g/mol. The summed E-state index contributed by atoms with van der Waals surface area (Å²) in [7, 11) is -2.98. The highest BCUT2D eigenvalue weighted by Gasteiger charge is 2.25. The van der Waals surface area contributed by atoms with E-state index in [9.17, 15) is 13.2 Å². The van der Waals surface area contributed by atoms with E-state index in [1.54, 1.807) is 43.3 Å². The summed E-state index contributed by atoms with van der Waals surface area (Å²) in [5.41, 5.74) is 7.95. The van der Waals surface area contributed by atoms with Gasteiger partial charge in [0.05, 0.1) is 38.0 Å². The second-order valence-electron chi connectivity index (χ2n) is 10.3. The Labute approximate surface area is 307 Å². The molecule has 54 heavy (non-hydrogen) atoms. The minimum absolute atomic E-state index is 0.0249. The monoisotopic (exact) mass is 772 g/mol. The van der Waals surface area contributed by atoms with Crippen LogP contribution in [0.1, 0.15) is 11.1 Å². The molecule has 1 aromatic carbocycles. The molecule has 0 saturated carbocycles. The van der Waals surface area contributed by atoms with E-state index < -0.39 is 39.0 Å². The third-order valence-electron chi connectivity index (χ3n) is 6.47. The number of carbonyl (C=O) groups is 1. The molecule has 0 aliphatic carbocycles. The molecule has 23 heteroatoms. The van der Waals surface area contributed by atoms with Gasteiger partial charge < -0.3 is 34.2 Å². The number of methoxy groups -OCH3 is 1. The van der Waals surface area contributed by atoms with Crippen LogP contribution in [0.5, 0.6) is 11.5 Å². The first-order valence-electron chi connectivity index (χ1n) is 15.5. The number of sulfonamides is 1. The van der Waals surface area contributed by atoms with Gasteiger partial charge in [0.1, 0.15) is 25.5 Å². The van der Waals surface area contributed by atoms with Crippen molar-refractivity contribution < 1.29 is 56.9 Å². The first-order valence-corrected chi connectivity index (χ1v) is 17.0. The van der Waals surface area contributed by atoms with E-state index in [1.165, 1.54) is 31.6 Å². The van der Waals surface area contributed by atoms with Gasteiger partial charge in [-0.25, -0.2) is 24.7 Å². The number of aromatic nitrogens is 6. The lowest BCUT2D eigenvalue weighted by molar-refractivity contribution is -0.493. The Morgan fingerprint density at radius 1 is 1.00 bits per heavy atom. The fraction of sp³-hybridized carbons (Fsp3) is 0.258. The summed E-state index contributed by atoms with van der Waals surface area (Å²) in [6, 6.07) is 12.4. The van der Waals surface area contributed by atoms with Crippen molar-refractivity contribution in [2.24, 2.45) is 10.7 Å². The number of nitrogens with one attached hydrogen (secondary N) is 2. The smallest absolute Gasteiger partial charge is 0.493 e. The number of hydrogen-bond acceptors (Lipinski definition) is 20. The maximum atomic E-state index is 13.4. The number of aliphatic imine (C=N–C) groups is 1. The maximum absolute atomic E-state index is 13.4. The van der Waals surface area contributed by atoms with Gasteiger partial charge in [-0.1, -0.05) is 24.8 Å². The Kier molecular flexibility index (Phi) is 15.1. The van der Waals surface area contributed by atoms with Gasteiger partial charge in [-0.05, 0) is 53.2 Å². The van der Waals surface area contributed by atoms with Crippen molar-refractivity contribution in [2.75, 3.05) is 46.8 Å². The summed E-state index contributed by atoms with van der Waals surface area (Å²) in [4.78, 5) is 29.2. The quantitative estimate of drug-likeness (QED) is 0.0213. The van der Waals surface area contributed by atoms with E-state index in [0.29, 0.717) is 11.3 Å². The van der Waals surface area contributed by atoms with Gasteiger partial charge in [0, 0.05) is 18.0 Å². The summed E-state index contributed by atoms with van der Waals surface area (Å²) in [5, 5.41) is 29.7. The molecule has 0 radical (unpaired) electrons. The largest absolute Gasteiger partial charge is 0.508 e. The zero-order chi connectivity index (χ0) is 38.9. The lowest BCUT2D eigenvalue weighted by atomic mass is 10.2. The van der Waals surface area contributed by atoms with Gasteiger partial charge in [0.25, 0.3) is 15.9 Å². The SMILES string of the molecule is C=C(/N=C(OCCOC(=O)OCCOCCON(O)O)\C(Oc1ccccc1OC)=C(/N)NS(=O)(=O)c1ccc(C)cn1)c1ccnc(-c2nnn[nH]2)c1. The second kappa shape index (κ2) is 20.1. The Morgan fingerprint density at radius 2 is 1.72 bits per heavy atom. The minimum atomic E-state index is -4.38. The molecule has 0 atom stereocenters. The number of rotatable bonds is 20. The predicted octanol–water partition coefficient (Wildman–Crippen LogP) is 1.73. The molecule has 4 aromatic rings. The third-order valence-corrected chi connectivity index (χ3v) is 7.75. The molecule has 0 spiro atoms.